The normalized spacial score (nSPS) is 12.5. The molecule has 0 bridgehead atoms. The lowest BCUT2D eigenvalue weighted by Gasteiger charge is -2.09. The van der Waals surface area contributed by atoms with E-state index in [0.29, 0.717) is 24.0 Å². The first-order valence-electron chi connectivity index (χ1n) is 4.95. The van der Waals surface area contributed by atoms with Gasteiger partial charge in [0.15, 0.2) is 0 Å². The van der Waals surface area contributed by atoms with E-state index in [2.05, 4.69) is 17.2 Å². The van der Waals surface area contributed by atoms with E-state index < -0.39 is 0 Å². The Morgan fingerprint density at radius 1 is 1.73 bits per heavy atom. The summed E-state index contributed by atoms with van der Waals surface area (Å²) in [5.41, 5.74) is 0.454. The van der Waals surface area contributed by atoms with Gasteiger partial charge in [0.2, 0.25) is 0 Å². The zero-order valence-corrected chi connectivity index (χ0v) is 9.79. The van der Waals surface area contributed by atoms with Crippen molar-refractivity contribution in [3.8, 4) is 0 Å². The highest BCUT2D eigenvalue weighted by molar-refractivity contribution is 6.17. The summed E-state index contributed by atoms with van der Waals surface area (Å²) in [6, 6.07) is 0. The highest BCUT2D eigenvalue weighted by atomic mass is 35.5. The number of nitrogens with one attached hydrogen (secondary N) is 1. The Kier molecular flexibility index (Phi) is 4.62. The first-order chi connectivity index (χ1) is 7.13. The summed E-state index contributed by atoms with van der Waals surface area (Å²) in [7, 11) is 1.83. The van der Waals surface area contributed by atoms with Crippen LogP contribution in [0.25, 0.3) is 0 Å². The molecule has 1 aromatic rings. The maximum Gasteiger partial charge on any atom is 0.271 e. The van der Waals surface area contributed by atoms with Gasteiger partial charge in [-0.1, -0.05) is 6.92 Å². The fraction of sp³-hybridized carbons (Fsp3) is 0.600. The van der Waals surface area contributed by atoms with Gasteiger partial charge in [-0.15, -0.1) is 11.6 Å². The zero-order chi connectivity index (χ0) is 11.3. The molecule has 1 aromatic heterocycles. The van der Waals surface area contributed by atoms with Gasteiger partial charge < -0.3 is 9.88 Å². The van der Waals surface area contributed by atoms with Crippen molar-refractivity contribution in [2.45, 2.75) is 13.3 Å². The minimum absolute atomic E-state index is 0.128. The minimum atomic E-state index is -0.128. The van der Waals surface area contributed by atoms with E-state index in [1.54, 1.807) is 17.1 Å². The van der Waals surface area contributed by atoms with E-state index in [1.165, 1.54) is 0 Å². The van der Waals surface area contributed by atoms with Crippen molar-refractivity contribution in [1.29, 1.82) is 0 Å². The number of carbonyl (C=O) groups is 1. The molecule has 1 N–H and O–H groups in total. The van der Waals surface area contributed by atoms with Gasteiger partial charge in [-0.3, -0.25) is 4.79 Å². The Bertz CT molecular complexity index is 324. The van der Waals surface area contributed by atoms with Crippen LogP contribution in [0.15, 0.2) is 12.5 Å². The number of hydrogen-bond donors (Lipinski definition) is 1. The first kappa shape index (κ1) is 12.0. The monoisotopic (exact) mass is 229 g/mol. The molecule has 1 unspecified atom stereocenters. The Hall–Kier alpha value is -1.03. The third kappa shape index (κ3) is 3.91. The summed E-state index contributed by atoms with van der Waals surface area (Å²) in [6.45, 7) is 2.70. The summed E-state index contributed by atoms with van der Waals surface area (Å²) >= 11 is 5.60. The van der Waals surface area contributed by atoms with Gasteiger partial charge in [-0.05, 0) is 12.3 Å². The lowest BCUT2D eigenvalue weighted by Crippen LogP contribution is -2.28. The van der Waals surface area contributed by atoms with Crippen molar-refractivity contribution < 1.29 is 4.79 Å². The molecule has 1 heterocycles. The fourth-order valence-corrected chi connectivity index (χ4v) is 1.55. The predicted molar refractivity (Wildman–Crippen MR) is 60.0 cm³/mol. The van der Waals surface area contributed by atoms with Gasteiger partial charge >= 0.3 is 0 Å². The zero-order valence-electron chi connectivity index (χ0n) is 9.03. The molecule has 0 saturated heterocycles. The van der Waals surface area contributed by atoms with Crippen LogP contribution in [-0.4, -0.2) is 27.9 Å². The molecule has 5 heteroatoms. The second-order valence-electron chi connectivity index (χ2n) is 3.72. The van der Waals surface area contributed by atoms with Crippen molar-refractivity contribution in [2.75, 3.05) is 12.4 Å². The Labute approximate surface area is 94.6 Å². The SMILES string of the molecule is CC(CCCl)CNC(=O)c1cn(C)cn1. The molecule has 0 spiro atoms. The number of carbonyl (C=O) groups excluding carboxylic acids is 1. The fourth-order valence-electron chi connectivity index (χ4n) is 1.18. The van der Waals surface area contributed by atoms with Gasteiger partial charge in [0, 0.05) is 25.7 Å². The van der Waals surface area contributed by atoms with Crippen molar-refractivity contribution in [2.24, 2.45) is 13.0 Å². The van der Waals surface area contributed by atoms with E-state index in [1.807, 2.05) is 7.05 Å². The van der Waals surface area contributed by atoms with Crippen LogP contribution in [-0.2, 0) is 7.05 Å². The summed E-state index contributed by atoms with van der Waals surface area (Å²) in [5, 5.41) is 2.82. The minimum Gasteiger partial charge on any atom is -0.350 e. The van der Waals surface area contributed by atoms with Crippen molar-refractivity contribution in [3.05, 3.63) is 18.2 Å². The molecule has 0 radical (unpaired) electrons. The summed E-state index contributed by atoms with van der Waals surface area (Å²) in [4.78, 5) is 15.5. The molecule has 0 aliphatic heterocycles. The molecular formula is C10H16ClN3O. The predicted octanol–water partition coefficient (Wildman–Crippen LogP) is 1.41. The van der Waals surface area contributed by atoms with Crippen LogP contribution in [0.1, 0.15) is 23.8 Å². The summed E-state index contributed by atoms with van der Waals surface area (Å²) in [5.74, 6) is 0.896. The number of hydrogen-bond acceptors (Lipinski definition) is 2. The molecule has 4 nitrogen and oxygen atoms in total. The number of rotatable bonds is 5. The highest BCUT2D eigenvalue weighted by Crippen LogP contribution is 2.02. The van der Waals surface area contributed by atoms with Crippen molar-refractivity contribution in [1.82, 2.24) is 14.9 Å². The summed E-state index contributed by atoms with van der Waals surface area (Å²) < 4.78 is 1.75. The van der Waals surface area contributed by atoms with Crippen LogP contribution in [0.5, 0.6) is 0 Å². The van der Waals surface area contributed by atoms with Crippen LogP contribution in [0.3, 0.4) is 0 Å². The lowest BCUT2D eigenvalue weighted by molar-refractivity contribution is 0.0943. The Morgan fingerprint density at radius 2 is 2.47 bits per heavy atom. The second kappa shape index (κ2) is 5.75. The van der Waals surface area contributed by atoms with Gasteiger partial charge in [0.05, 0.1) is 6.33 Å². The number of imidazole rings is 1. The van der Waals surface area contributed by atoms with Crippen LogP contribution in [0, 0.1) is 5.92 Å². The average Bonchev–Trinajstić information content (AvgIpc) is 2.62. The van der Waals surface area contributed by atoms with Gasteiger partial charge in [0.25, 0.3) is 5.91 Å². The number of aryl methyl sites for hydroxylation is 1. The second-order valence-corrected chi connectivity index (χ2v) is 4.10. The van der Waals surface area contributed by atoms with Crippen molar-refractivity contribution >= 4 is 17.5 Å². The number of alkyl halides is 1. The first-order valence-corrected chi connectivity index (χ1v) is 5.49. The van der Waals surface area contributed by atoms with Crippen molar-refractivity contribution in [3.63, 3.8) is 0 Å². The van der Waals surface area contributed by atoms with Gasteiger partial charge in [-0.2, -0.15) is 0 Å². The molecular weight excluding hydrogens is 214 g/mol. The van der Waals surface area contributed by atoms with Crippen LogP contribution in [0.4, 0.5) is 0 Å². The molecule has 0 aromatic carbocycles. The molecule has 15 heavy (non-hydrogen) atoms. The van der Waals surface area contributed by atoms with Crippen LogP contribution in [0.2, 0.25) is 0 Å². The topological polar surface area (TPSA) is 46.9 Å². The van der Waals surface area contributed by atoms with Gasteiger partial charge in [0.1, 0.15) is 5.69 Å². The van der Waals surface area contributed by atoms with Crippen LogP contribution < -0.4 is 5.32 Å². The molecule has 0 aliphatic carbocycles. The number of amides is 1. The quantitative estimate of drug-likeness (QED) is 0.777. The van der Waals surface area contributed by atoms with E-state index in [-0.39, 0.29) is 5.91 Å². The molecule has 0 aliphatic rings. The number of nitrogens with zero attached hydrogens (tertiary/aromatic N) is 2. The number of halogens is 1. The summed E-state index contributed by atoms with van der Waals surface area (Å²) in [6.07, 6.45) is 4.21. The number of aromatic nitrogens is 2. The van der Waals surface area contributed by atoms with E-state index in [0.717, 1.165) is 6.42 Å². The average molecular weight is 230 g/mol. The molecule has 0 saturated carbocycles. The smallest absolute Gasteiger partial charge is 0.271 e. The Morgan fingerprint density at radius 3 is 3.00 bits per heavy atom. The molecule has 1 amide bonds. The maximum atomic E-state index is 11.5. The third-order valence-electron chi connectivity index (χ3n) is 2.15. The van der Waals surface area contributed by atoms with Gasteiger partial charge in [-0.25, -0.2) is 4.98 Å². The standard InChI is InChI=1S/C10H16ClN3O/c1-8(3-4-11)5-12-10(15)9-6-14(2)7-13-9/h6-8H,3-5H2,1-2H3,(H,12,15). The molecule has 0 fully saturated rings. The lowest BCUT2D eigenvalue weighted by atomic mass is 10.1. The largest absolute Gasteiger partial charge is 0.350 e. The van der Waals surface area contributed by atoms with Crippen LogP contribution >= 0.6 is 11.6 Å². The highest BCUT2D eigenvalue weighted by Gasteiger charge is 2.09. The van der Waals surface area contributed by atoms with E-state index >= 15 is 0 Å². The maximum absolute atomic E-state index is 11.5. The molecule has 1 atom stereocenters. The third-order valence-corrected chi connectivity index (χ3v) is 2.37. The van der Waals surface area contributed by atoms with E-state index in [9.17, 15) is 4.79 Å². The van der Waals surface area contributed by atoms with E-state index in [4.69, 9.17) is 11.6 Å². The molecule has 84 valence electrons. The molecule has 1 rings (SSSR count). The Balaban J connectivity index is 2.36.